The van der Waals surface area contributed by atoms with Crippen LogP contribution in [-0.4, -0.2) is 64.1 Å². The van der Waals surface area contributed by atoms with Crippen molar-refractivity contribution in [1.82, 2.24) is 9.80 Å². The van der Waals surface area contributed by atoms with E-state index in [0.717, 1.165) is 25.3 Å². The minimum Gasteiger partial charge on any atom is -0.394 e. The van der Waals surface area contributed by atoms with Crippen LogP contribution in [0.3, 0.4) is 0 Å². The molecule has 0 aliphatic carbocycles. The van der Waals surface area contributed by atoms with Crippen LogP contribution in [0.1, 0.15) is 19.8 Å². The van der Waals surface area contributed by atoms with Crippen molar-refractivity contribution in [3.63, 3.8) is 0 Å². The second kappa shape index (κ2) is 5.93. The molecule has 0 radical (unpaired) electrons. The maximum Gasteiger partial charge on any atom is 0.281 e. The molecular formula is C12H20N2O3S. The first-order valence-electron chi connectivity index (χ1n) is 6.45. The summed E-state index contributed by atoms with van der Waals surface area (Å²) in [6.45, 7) is 4.08. The molecule has 2 aliphatic heterocycles. The number of aliphatic hydroxyl groups excluding tert-OH is 1. The fraction of sp³-hybridized carbons (Fsp3) is 0.833. The molecular weight excluding hydrogens is 252 g/mol. The van der Waals surface area contributed by atoms with Crippen LogP contribution < -0.4 is 0 Å². The van der Waals surface area contributed by atoms with E-state index in [4.69, 9.17) is 0 Å². The van der Waals surface area contributed by atoms with Crippen molar-refractivity contribution in [3.8, 4) is 0 Å². The Morgan fingerprint density at radius 3 is 2.89 bits per heavy atom. The van der Waals surface area contributed by atoms with Gasteiger partial charge in [0.15, 0.2) is 0 Å². The fourth-order valence-corrected chi connectivity index (χ4v) is 3.45. The predicted molar refractivity (Wildman–Crippen MR) is 70.4 cm³/mol. The third-order valence-corrected chi connectivity index (χ3v) is 4.72. The van der Waals surface area contributed by atoms with Gasteiger partial charge in [0.05, 0.1) is 12.6 Å². The van der Waals surface area contributed by atoms with Crippen molar-refractivity contribution >= 4 is 22.9 Å². The molecule has 2 amide bonds. The number of aliphatic hydroxyl groups is 1. The molecule has 2 rings (SSSR count). The molecule has 2 saturated heterocycles. The van der Waals surface area contributed by atoms with Gasteiger partial charge in [-0.3, -0.25) is 9.59 Å². The monoisotopic (exact) mass is 272 g/mol. The molecule has 0 aromatic carbocycles. The number of carbonyl (C=O) groups is 2. The van der Waals surface area contributed by atoms with Crippen molar-refractivity contribution in [2.45, 2.75) is 25.8 Å². The number of carbonyl (C=O) groups excluding carboxylic acids is 2. The molecule has 0 saturated carbocycles. The van der Waals surface area contributed by atoms with E-state index in [1.54, 1.807) is 9.80 Å². The molecule has 0 aromatic heterocycles. The van der Waals surface area contributed by atoms with E-state index < -0.39 is 0 Å². The molecule has 6 heteroatoms. The van der Waals surface area contributed by atoms with Crippen molar-refractivity contribution in [2.24, 2.45) is 5.92 Å². The van der Waals surface area contributed by atoms with Crippen LogP contribution >= 0.6 is 11.8 Å². The number of hydrogen-bond acceptors (Lipinski definition) is 4. The largest absolute Gasteiger partial charge is 0.394 e. The Bertz CT molecular complexity index is 337. The normalized spacial score (nSPS) is 28.2. The summed E-state index contributed by atoms with van der Waals surface area (Å²) < 4.78 is 0. The smallest absolute Gasteiger partial charge is 0.281 e. The average molecular weight is 272 g/mol. The Hall–Kier alpha value is -0.750. The Morgan fingerprint density at radius 2 is 2.28 bits per heavy atom. The lowest BCUT2D eigenvalue weighted by molar-refractivity contribution is -0.133. The lowest BCUT2D eigenvalue weighted by atomic mass is 10.0. The first-order chi connectivity index (χ1) is 8.63. The summed E-state index contributed by atoms with van der Waals surface area (Å²) >= 11 is 1.32. The van der Waals surface area contributed by atoms with Crippen LogP contribution in [0.5, 0.6) is 0 Å². The third kappa shape index (κ3) is 2.80. The number of thioether (sulfide) groups is 1. The number of nitrogens with zero attached hydrogens (tertiary/aromatic N) is 2. The van der Waals surface area contributed by atoms with E-state index >= 15 is 0 Å². The Labute approximate surface area is 112 Å². The predicted octanol–water partition coefficient (Wildman–Crippen LogP) is 0.775. The molecule has 102 valence electrons. The lowest BCUT2D eigenvalue weighted by Gasteiger charge is -2.26. The quantitative estimate of drug-likeness (QED) is 0.821. The van der Waals surface area contributed by atoms with Gasteiger partial charge in [-0.15, -0.1) is 0 Å². The summed E-state index contributed by atoms with van der Waals surface area (Å²) in [6, 6.07) is -0.0406. The highest BCUT2D eigenvalue weighted by Crippen LogP contribution is 2.24. The summed E-state index contributed by atoms with van der Waals surface area (Å²) in [5.74, 6) is 1.25. The van der Waals surface area contributed by atoms with Gasteiger partial charge in [-0.2, -0.15) is 0 Å². The third-order valence-electron chi connectivity index (χ3n) is 3.83. The molecule has 2 fully saturated rings. The number of rotatable bonds is 4. The zero-order valence-electron chi connectivity index (χ0n) is 10.7. The maximum absolute atomic E-state index is 12.1. The summed E-state index contributed by atoms with van der Waals surface area (Å²) in [6.07, 6.45) is 1.32. The first kappa shape index (κ1) is 13.7. The summed E-state index contributed by atoms with van der Waals surface area (Å²) in [7, 11) is 0. The SMILES string of the molecule is CC1CCN(C(=O)CCN2CCSC2=O)C1CO. The van der Waals surface area contributed by atoms with Gasteiger partial charge in [0.1, 0.15) is 0 Å². The zero-order valence-corrected chi connectivity index (χ0v) is 11.5. The molecule has 0 spiro atoms. The number of amides is 2. The highest BCUT2D eigenvalue weighted by molar-refractivity contribution is 8.13. The molecule has 0 bridgehead atoms. The molecule has 18 heavy (non-hydrogen) atoms. The van der Waals surface area contributed by atoms with E-state index in [2.05, 4.69) is 6.92 Å². The second-order valence-corrected chi connectivity index (χ2v) is 6.00. The second-order valence-electron chi connectivity index (χ2n) is 4.95. The highest BCUT2D eigenvalue weighted by Gasteiger charge is 2.34. The molecule has 5 nitrogen and oxygen atoms in total. The van der Waals surface area contributed by atoms with Crippen molar-refractivity contribution < 1.29 is 14.7 Å². The van der Waals surface area contributed by atoms with Gasteiger partial charge in [-0.05, 0) is 12.3 Å². The van der Waals surface area contributed by atoms with Gasteiger partial charge in [-0.1, -0.05) is 18.7 Å². The summed E-state index contributed by atoms with van der Waals surface area (Å²) in [4.78, 5) is 27.0. The number of hydrogen-bond donors (Lipinski definition) is 1. The fourth-order valence-electron chi connectivity index (χ4n) is 2.60. The van der Waals surface area contributed by atoms with Crippen LogP contribution in [0.2, 0.25) is 0 Å². The standard InChI is InChI=1S/C12H20N2O3S/c1-9-2-5-14(10(9)8-15)11(16)3-4-13-6-7-18-12(13)17/h9-10,15H,2-8H2,1H3. The Balaban J connectivity index is 1.82. The Kier molecular flexibility index (Phi) is 4.50. The van der Waals surface area contributed by atoms with Crippen molar-refractivity contribution in [2.75, 3.05) is 32.0 Å². The van der Waals surface area contributed by atoms with Gasteiger partial charge in [0.2, 0.25) is 5.91 Å². The van der Waals surface area contributed by atoms with E-state index in [9.17, 15) is 14.7 Å². The minimum absolute atomic E-state index is 0.0331. The van der Waals surface area contributed by atoms with Gasteiger partial charge >= 0.3 is 0 Å². The first-order valence-corrected chi connectivity index (χ1v) is 7.44. The van der Waals surface area contributed by atoms with Crippen LogP contribution in [0.15, 0.2) is 0 Å². The molecule has 2 aliphatic rings. The molecule has 0 aromatic rings. The molecule has 2 unspecified atom stereocenters. The summed E-state index contributed by atoms with van der Waals surface area (Å²) in [5.41, 5.74) is 0. The van der Waals surface area contributed by atoms with Crippen LogP contribution in [0.4, 0.5) is 4.79 Å². The molecule has 1 N–H and O–H groups in total. The molecule has 2 heterocycles. The van der Waals surface area contributed by atoms with E-state index in [1.807, 2.05) is 0 Å². The van der Waals surface area contributed by atoms with E-state index in [0.29, 0.717) is 18.9 Å². The molecule has 2 atom stereocenters. The highest BCUT2D eigenvalue weighted by atomic mass is 32.2. The number of likely N-dealkylation sites (tertiary alicyclic amines) is 1. The minimum atomic E-state index is -0.0406. The van der Waals surface area contributed by atoms with E-state index in [1.165, 1.54) is 11.8 Å². The van der Waals surface area contributed by atoms with Gasteiger partial charge in [-0.25, -0.2) is 0 Å². The van der Waals surface area contributed by atoms with Crippen LogP contribution in [0.25, 0.3) is 0 Å². The topological polar surface area (TPSA) is 60.9 Å². The average Bonchev–Trinajstić information content (AvgIpc) is 2.92. The van der Waals surface area contributed by atoms with Crippen molar-refractivity contribution in [1.29, 1.82) is 0 Å². The van der Waals surface area contributed by atoms with Gasteiger partial charge in [0.25, 0.3) is 5.24 Å². The Morgan fingerprint density at radius 1 is 1.50 bits per heavy atom. The zero-order chi connectivity index (χ0) is 13.1. The maximum atomic E-state index is 12.1. The summed E-state index contributed by atoms with van der Waals surface area (Å²) in [5, 5.41) is 9.40. The van der Waals surface area contributed by atoms with Gasteiger partial charge < -0.3 is 14.9 Å². The van der Waals surface area contributed by atoms with Crippen LogP contribution in [0, 0.1) is 5.92 Å². The van der Waals surface area contributed by atoms with Crippen molar-refractivity contribution in [3.05, 3.63) is 0 Å². The van der Waals surface area contributed by atoms with E-state index in [-0.39, 0.29) is 23.8 Å². The lowest BCUT2D eigenvalue weighted by Crippen LogP contribution is -2.41. The van der Waals surface area contributed by atoms with Crippen LogP contribution in [-0.2, 0) is 4.79 Å². The van der Waals surface area contributed by atoms with Gasteiger partial charge in [0, 0.05) is 31.8 Å².